The van der Waals surface area contributed by atoms with Crippen LogP contribution in [0, 0.1) is 6.92 Å². The zero-order valence-corrected chi connectivity index (χ0v) is 13.7. The molecule has 0 N–H and O–H groups in total. The van der Waals surface area contributed by atoms with Gasteiger partial charge in [-0.25, -0.2) is 0 Å². The Bertz CT molecular complexity index is 839. The van der Waals surface area contributed by atoms with Gasteiger partial charge < -0.3 is 14.0 Å². The van der Waals surface area contributed by atoms with E-state index in [0.29, 0.717) is 18.8 Å². The molecule has 0 spiro atoms. The van der Waals surface area contributed by atoms with Crippen LogP contribution in [0.5, 0.6) is 0 Å². The van der Waals surface area contributed by atoms with Crippen LogP contribution in [0.15, 0.2) is 21.5 Å². The van der Waals surface area contributed by atoms with Gasteiger partial charge in [-0.05, 0) is 26.2 Å². The molecule has 1 atom stereocenters. The molecule has 0 saturated carbocycles. The smallest absolute Gasteiger partial charge is 0.292 e. The van der Waals surface area contributed by atoms with Crippen molar-refractivity contribution in [1.82, 2.24) is 19.6 Å². The average Bonchev–Trinajstić information content (AvgIpc) is 3.22. The normalized spacial score (nSPS) is 20.2. The Morgan fingerprint density at radius 1 is 1.29 bits per heavy atom. The average molecular weight is 328 g/mol. The van der Waals surface area contributed by atoms with E-state index in [-0.39, 0.29) is 23.1 Å². The molecule has 7 heteroatoms. The molecule has 2 aromatic heterocycles. The SMILES string of the molecule is Cc1cc(C(=O)N2CCC[C@@H](c3cc(=O)nc4n3CCC4)C2)on1. The minimum Gasteiger partial charge on any atom is -0.351 e. The number of carbonyl (C=O) groups is 1. The van der Waals surface area contributed by atoms with E-state index in [1.165, 1.54) is 0 Å². The number of likely N-dealkylation sites (tertiary alicyclic amines) is 1. The molecule has 1 amide bonds. The lowest BCUT2D eigenvalue weighted by Crippen LogP contribution is -2.40. The van der Waals surface area contributed by atoms with Gasteiger partial charge in [0.15, 0.2) is 0 Å². The highest BCUT2D eigenvalue weighted by Crippen LogP contribution is 2.29. The summed E-state index contributed by atoms with van der Waals surface area (Å²) < 4.78 is 7.27. The van der Waals surface area contributed by atoms with Crippen LogP contribution in [0.1, 0.15) is 52.9 Å². The number of hydrogen-bond acceptors (Lipinski definition) is 5. The Morgan fingerprint density at radius 3 is 2.96 bits per heavy atom. The molecule has 7 nitrogen and oxygen atoms in total. The lowest BCUT2D eigenvalue weighted by molar-refractivity contribution is 0.0662. The van der Waals surface area contributed by atoms with Gasteiger partial charge in [0.05, 0.1) is 5.69 Å². The molecule has 2 aliphatic heterocycles. The van der Waals surface area contributed by atoms with Crippen molar-refractivity contribution < 1.29 is 9.32 Å². The summed E-state index contributed by atoms with van der Waals surface area (Å²) in [5, 5.41) is 3.79. The fourth-order valence-electron chi connectivity index (χ4n) is 3.78. The molecule has 0 aliphatic carbocycles. The van der Waals surface area contributed by atoms with Gasteiger partial charge in [-0.3, -0.25) is 9.59 Å². The van der Waals surface area contributed by atoms with Crippen LogP contribution in [-0.4, -0.2) is 38.6 Å². The molecule has 0 radical (unpaired) electrons. The van der Waals surface area contributed by atoms with Gasteiger partial charge in [0, 0.05) is 49.8 Å². The third kappa shape index (κ3) is 2.64. The van der Waals surface area contributed by atoms with Crippen LogP contribution in [0.25, 0.3) is 0 Å². The van der Waals surface area contributed by atoms with Crippen molar-refractivity contribution in [3.8, 4) is 0 Å². The predicted octanol–water partition coefficient (Wildman–Crippen LogP) is 1.51. The minimum absolute atomic E-state index is 0.127. The van der Waals surface area contributed by atoms with Gasteiger partial charge in [-0.2, -0.15) is 4.98 Å². The minimum atomic E-state index is -0.174. The third-order valence-electron chi connectivity index (χ3n) is 4.88. The largest absolute Gasteiger partial charge is 0.351 e. The van der Waals surface area contributed by atoms with E-state index in [0.717, 1.165) is 43.7 Å². The highest BCUT2D eigenvalue weighted by molar-refractivity contribution is 5.91. The van der Waals surface area contributed by atoms with Gasteiger partial charge in [-0.1, -0.05) is 5.16 Å². The van der Waals surface area contributed by atoms with E-state index in [4.69, 9.17) is 4.52 Å². The van der Waals surface area contributed by atoms with Crippen molar-refractivity contribution in [2.75, 3.05) is 13.1 Å². The summed E-state index contributed by atoms with van der Waals surface area (Å²) in [6.45, 7) is 4.01. The molecular formula is C17H20N4O3. The molecule has 0 aromatic carbocycles. The van der Waals surface area contributed by atoms with Crippen LogP contribution in [-0.2, 0) is 13.0 Å². The van der Waals surface area contributed by atoms with Gasteiger partial charge in [0.2, 0.25) is 5.76 Å². The second-order valence-corrected chi connectivity index (χ2v) is 6.61. The Balaban J connectivity index is 1.60. The molecule has 4 heterocycles. The van der Waals surface area contributed by atoms with Crippen molar-refractivity contribution in [2.24, 2.45) is 0 Å². The topological polar surface area (TPSA) is 81.2 Å². The molecule has 1 fully saturated rings. The predicted molar refractivity (Wildman–Crippen MR) is 85.9 cm³/mol. The van der Waals surface area contributed by atoms with Gasteiger partial charge in [0.25, 0.3) is 11.5 Å². The van der Waals surface area contributed by atoms with E-state index in [1.807, 2.05) is 0 Å². The summed E-state index contributed by atoms with van der Waals surface area (Å²) in [6, 6.07) is 3.31. The molecular weight excluding hydrogens is 308 g/mol. The molecule has 2 aromatic rings. The first kappa shape index (κ1) is 15.1. The summed E-state index contributed by atoms with van der Waals surface area (Å²) in [7, 11) is 0. The Morgan fingerprint density at radius 2 is 2.17 bits per heavy atom. The second-order valence-electron chi connectivity index (χ2n) is 6.61. The highest BCUT2D eigenvalue weighted by Gasteiger charge is 2.30. The van der Waals surface area contributed by atoms with E-state index < -0.39 is 0 Å². The van der Waals surface area contributed by atoms with E-state index in [9.17, 15) is 9.59 Å². The zero-order chi connectivity index (χ0) is 16.7. The number of hydrogen-bond donors (Lipinski definition) is 0. The van der Waals surface area contributed by atoms with Crippen molar-refractivity contribution in [2.45, 2.75) is 45.1 Å². The van der Waals surface area contributed by atoms with E-state index in [1.54, 1.807) is 24.0 Å². The van der Waals surface area contributed by atoms with E-state index >= 15 is 0 Å². The third-order valence-corrected chi connectivity index (χ3v) is 4.88. The standard InChI is InChI=1S/C17H20N4O3/c1-11-8-14(24-19-11)17(23)20-6-2-4-12(10-20)13-9-16(22)18-15-5-3-7-21(13)15/h8-9,12H,2-7,10H2,1H3/t12-/m1/s1. The van der Waals surface area contributed by atoms with Crippen molar-refractivity contribution in [3.05, 3.63) is 45.5 Å². The monoisotopic (exact) mass is 328 g/mol. The Hall–Kier alpha value is -2.44. The molecule has 126 valence electrons. The van der Waals surface area contributed by atoms with Crippen LogP contribution >= 0.6 is 0 Å². The lowest BCUT2D eigenvalue weighted by atomic mass is 9.94. The summed E-state index contributed by atoms with van der Waals surface area (Å²) in [5.41, 5.74) is 1.55. The molecule has 24 heavy (non-hydrogen) atoms. The lowest BCUT2D eigenvalue weighted by Gasteiger charge is -2.33. The van der Waals surface area contributed by atoms with E-state index in [2.05, 4.69) is 14.7 Å². The highest BCUT2D eigenvalue weighted by atomic mass is 16.5. The first-order chi connectivity index (χ1) is 11.6. The van der Waals surface area contributed by atoms with Crippen molar-refractivity contribution in [3.63, 3.8) is 0 Å². The second kappa shape index (κ2) is 5.89. The summed E-state index contributed by atoms with van der Waals surface area (Å²) >= 11 is 0. The van der Waals surface area contributed by atoms with Gasteiger partial charge >= 0.3 is 0 Å². The van der Waals surface area contributed by atoms with Crippen LogP contribution in [0.3, 0.4) is 0 Å². The van der Waals surface area contributed by atoms with Crippen LogP contribution in [0.2, 0.25) is 0 Å². The van der Waals surface area contributed by atoms with Crippen LogP contribution in [0.4, 0.5) is 0 Å². The first-order valence-electron chi connectivity index (χ1n) is 8.45. The number of amides is 1. The number of aryl methyl sites for hydroxylation is 2. The molecule has 4 rings (SSSR count). The summed E-state index contributed by atoms with van der Waals surface area (Å²) in [5.74, 6) is 1.20. The zero-order valence-electron chi connectivity index (χ0n) is 13.7. The maximum Gasteiger partial charge on any atom is 0.292 e. The number of carbonyl (C=O) groups excluding carboxylic acids is 1. The summed E-state index contributed by atoms with van der Waals surface area (Å²) in [6.07, 6.45) is 3.77. The van der Waals surface area contributed by atoms with Crippen molar-refractivity contribution >= 4 is 5.91 Å². The van der Waals surface area contributed by atoms with Crippen LogP contribution < -0.4 is 5.56 Å². The van der Waals surface area contributed by atoms with Gasteiger partial charge in [-0.15, -0.1) is 0 Å². The molecule has 2 aliphatic rings. The number of piperidine rings is 1. The van der Waals surface area contributed by atoms with Gasteiger partial charge in [0.1, 0.15) is 5.82 Å². The Kier molecular flexibility index (Phi) is 3.70. The molecule has 1 saturated heterocycles. The fraction of sp³-hybridized carbons (Fsp3) is 0.529. The number of fused-ring (bicyclic) bond motifs is 1. The first-order valence-corrected chi connectivity index (χ1v) is 8.45. The maximum absolute atomic E-state index is 12.6. The Labute approximate surface area is 139 Å². The summed E-state index contributed by atoms with van der Waals surface area (Å²) in [4.78, 5) is 30.4. The number of aromatic nitrogens is 3. The van der Waals surface area contributed by atoms with Crippen molar-refractivity contribution in [1.29, 1.82) is 0 Å². The maximum atomic E-state index is 12.6. The molecule has 0 bridgehead atoms. The number of nitrogens with zero attached hydrogens (tertiary/aromatic N) is 4. The number of rotatable bonds is 2. The quantitative estimate of drug-likeness (QED) is 0.834. The molecule has 0 unspecified atom stereocenters. The fourth-order valence-corrected chi connectivity index (χ4v) is 3.78.